The fourth-order valence-corrected chi connectivity index (χ4v) is 1.78. The highest BCUT2D eigenvalue weighted by Gasteiger charge is 2.33. The molecule has 4 heteroatoms. The third-order valence-corrected chi connectivity index (χ3v) is 2.95. The molecule has 13 heavy (non-hydrogen) atoms. The Morgan fingerprint density at radius 3 is 2.77 bits per heavy atom. The van der Waals surface area contributed by atoms with Crippen molar-refractivity contribution >= 4 is 0 Å². The van der Waals surface area contributed by atoms with Gasteiger partial charge in [0.1, 0.15) is 0 Å². The van der Waals surface area contributed by atoms with Crippen LogP contribution in [-0.4, -0.2) is 43.0 Å². The normalized spacial score (nSPS) is 31.2. The molecule has 1 N–H and O–H groups in total. The minimum atomic E-state index is -2.22. The Balaban J connectivity index is 2.56. The number of nitrogens with zero attached hydrogens (tertiary/aromatic N) is 1. The number of rotatable bonds is 3. The summed E-state index contributed by atoms with van der Waals surface area (Å²) in [7, 11) is 0. The Bertz CT molecular complexity index is 164. The molecule has 1 aliphatic heterocycles. The smallest absolute Gasteiger partial charge is 0.251 e. The van der Waals surface area contributed by atoms with E-state index in [1.54, 1.807) is 0 Å². The first kappa shape index (κ1) is 10.9. The minimum Gasteiger partial charge on any atom is -0.314 e. The Hall–Kier alpha value is -0.220. The molecule has 0 saturated carbocycles. The van der Waals surface area contributed by atoms with Gasteiger partial charge in [-0.3, -0.25) is 4.90 Å². The highest BCUT2D eigenvalue weighted by Crippen LogP contribution is 2.21. The molecule has 0 aromatic rings. The maximum absolute atomic E-state index is 12.2. The number of alkyl halides is 2. The van der Waals surface area contributed by atoms with Crippen LogP contribution in [0, 0.1) is 0 Å². The van der Waals surface area contributed by atoms with Crippen LogP contribution in [0.5, 0.6) is 0 Å². The molecule has 0 spiro atoms. The summed E-state index contributed by atoms with van der Waals surface area (Å²) < 4.78 is 24.5. The molecule has 1 aliphatic rings. The van der Waals surface area contributed by atoms with Crippen LogP contribution in [0.4, 0.5) is 8.78 Å². The number of halogens is 2. The fourth-order valence-electron chi connectivity index (χ4n) is 1.78. The van der Waals surface area contributed by atoms with Gasteiger partial charge in [-0.05, 0) is 13.3 Å². The molecule has 1 heterocycles. The van der Waals surface area contributed by atoms with Gasteiger partial charge in [-0.2, -0.15) is 0 Å². The van der Waals surface area contributed by atoms with Crippen molar-refractivity contribution in [1.29, 1.82) is 0 Å². The quantitative estimate of drug-likeness (QED) is 0.725. The molecule has 0 bridgehead atoms. The van der Waals surface area contributed by atoms with E-state index in [9.17, 15) is 8.78 Å². The van der Waals surface area contributed by atoms with Crippen LogP contribution in [0.3, 0.4) is 0 Å². The first-order valence-electron chi connectivity index (χ1n) is 4.82. The van der Waals surface area contributed by atoms with Gasteiger partial charge in [-0.1, -0.05) is 6.92 Å². The first-order valence-corrected chi connectivity index (χ1v) is 4.82. The maximum Gasteiger partial charge on any atom is 0.251 e. The fraction of sp³-hybridized carbons (Fsp3) is 1.00. The lowest BCUT2D eigenvalue weighted by atomic mass is 9.94. The van der Waals surface area contributed by atoms with E-state index in [0.717, 1.165) is 26.1 Å². The number of nitrogens with one attached hydrogen (secondary N) is 1. The summed E-state index contributed by atoms with van der Waals surface area (Å²) in [6, 6.07) is 0. The Kier molecular flexibility index (Phi) is 3.62. The lowest BCUT2D eigenvalue weighted by Crippen LogP contribution is -2.60. The first-order chi connectivity index (χ1) is 6.08. The molecular weight excluding hydrogens is 174 g/mol. The van der Waals surface area contributed by atoms with Gasteiger partial charge in [0.2, 0.25) is 0 Å². The summed E-state index contributed by atoms with van der Waals surface area (Å²) in [5, 5.41) is 3.24. The van der Waals surface area contributed by atoms with E-state index < -0.39 is 6.43 Å². The van der Waals surface area contributed by atoms with Gasteiger partial charge in [0.05, 0.1) is 6.54 Å². The van der Waals surface area contributed by atoms with Gasteiger partial charge < -0.3 is 5.32 Å². The van der Waals surface area contributed by atoms with E-state index in [2.05, 4.69) is 5.32 Å². The molecule has 0 aliphatic carbocycles. The Labute approximate surface area is 78.3 Å². The van der Waals surface area contributed by atoms with Crippen LogP contribution in [-0.2, 0) is 0 Å². The van der Waals surface area contributed by atoms with E-state index in [0.29, 0.717) is 0 Å². The van der Waals surface area contributed by atoms with Crippen LogP contribution < -0.4 is 5.32 Å². The van der Waals surface area contributed by atoms with Crippen molar-refractivity contribution in [2.24, 2.45) is 0 Å². The summed E-state index contributed by atoms with van der Waals surface area (Å²) >= 11 is 0. The molecule has 1 fully saturated rings. The average Bonchev–Trinajstić information content (AvgIpc) is 2.09. The number of hydrogen-bond acceptors (Lipinski definition) is 2. The summed E-state index contributed by atoms with van der Waals surface area (Å²) in [5.41, 5.74) is -0.0886. The van der Waals surface area contributed by atoms with Crippen molar-refractivity contribution in [1.82, 2.24) is 10.2 Å². The van der Waals surface area contributed by atoms with Crippen molar-refractivity contribution in [3.8, 4) is 0 Å². The maximum atomic E-state index is 12.2. The zero-order valence-electron chi connectivity index (χ0n) is 8.32. The van der Waals surface area contributed by atoms with Crippen LogP contribution in [0.15, 0.2) is 0 Å². The molecule has 0 aromatic heterocycles. The molecule has 1 rings (SSSR count). The van der Waals surface area contributed by atoms with Gasteiger partial charge in [-0.15, -0.1) is 0 Å². The SMILES string of the molecule is CCC1(C)CNCCN1CC(F)F. The van der Waals surface area contributed by atoms with E-state index in [1.165, 1.54) is 0 Å². The van der Waals surface area contributed by atoms with E-state index in [1.807, 2.05) is 18.7 Å². The molecule has 78 valence electrons. The molecular formula is C9H18F2N2. The predicted molar refractivity (Wildman–Crippen MR) is 49.1 cm³/mol. The van der Waals surface area contributed by atoms with Crippen LogP contribution >= 0.6 is 0 Å². The average molecular weight is 192 g/mol. The lowest BCUT2D eigenvalue weighted by Gasteiger charge is -2.44. The van der Waals surface area contributed by atoms with Gasteiger partial charge in [0, 0.05) is 25.2 Å². The molecule has 0 amide bonds. The molecule has 1 unspecified atom stereocenters. The second-order valence-electron chi connectivity index (χ2n) is 3.86. The molecule has 0 aromatic carbocycles. The van der Waals surface area contributed by atoms with Crippen LogP contribution in [0.2, 0.25) is 0 Å². The third-order valence-electron chi connectivity index (χ3n) is 2.95. The number of hydrogen-bond donors (Lipinski definition) is 1. The van der Waals surface area contributed by atoms with Crippen molar-refractivity contribution in [3.63, 3.8) is 0 Å². The zero-order chi connectivity index (χ0) is 9.90. The van der Waals surface area contributed by atoms with Crippen LogP contribution in [0.1, 0.15) is 20.3 Å². The lowest BCUT2D eigenvalue weighted by molar-refractivity contribution is 0.00980. The van der Waals surface area contributed by atoms with Gasteiger partial charge in [0.15, 0.2) is 0 Å². The molecule has 0 radical (unpaired) electrons. The second-order valence-corrected chi connectivity index (χ2v) is 3.86. The van der Waals surface area contributed by atoms with E-state index >= 15 is 0 Å². The van der Waals surface area contributed by atoms with E-state index in [4.69, 9.17) is 0 Å². The van der Waals surface area contributed by atoms with Crippen molar-refractivity contribution in [2.75, 3.05) is 26.2 Å². The van der Waals surface area contributed by atoms with Gasteiger partial charge in [-0.25, -0.2) is 8.78 Å². The number of piperazine rings is 1. The van der Waals surface area contributed by atoms with E-state index in [-0.39, 0.29) is 12.1 Å². The summed E-state index contributed by atoms with van der Waals surface area (Å²) in [5.74, 6) is 0. The highest BCUT2D eigenvalue weighted by atomic mass is 19.3. The monoisotopic (exact) mass is 192 g/mol. The standard InChI is InChI=1S/C9H18F2N2/c1-3-9(2)7-12-4-5-13(9)6-8(10)11/h8,12H,3-7H2,1-2H3. The second kappa shape index (κ2) is 4.33. The Morgan fingerprint density at radius 1 is 1.54 bits per heavy atom. The molecule has 1 atom stereocenters. The molecule has 2 nitrogen and oxygen atoms in total. The molecule has 1 saturated heterocycles. The Morgan fingerprint density at radius 2 is 2.23 bits per heavy atom. The highest BCUT2D eigenvalue weighted by molar-refractivity contribution is 4.91. The predicted octanol–water partition coefficient (Wildman–Crippen LogP) is 1.33. The van der Waals surface area contributed by atoms with Gasteiger partial charge in [0.25, 0.3) is 6.43 Å². The summed E-state index contributed by atoms with van der Waals surface area (Å²) in [6.45, 7) is 6.37. The van der Waals surface area contributed by atoms with Crippen molar-refractivity contribution in [3.05, 3.63) is 0 Å². The topological polar surface area (TPSA) is 15.3 Å². The summed E-state index contributed by atoms with van der Waals surface area (Å²) in [6.07, 6.45) is -1.31. The zero-order valence-corrected chi connectivity index (χ0v) is 8.32. The third kappa shape index (κ3) is 2.61. The van der Waals surface area contributed by atoms with Crippen molar-refractivity contribution in [2.45, 2.75) is 32.2 Å². The van der Waals surface area contributed by atoms with Crippen molar-refractivity contribution < 1.29 is 8.78 Å². The van der Waals surface area contributed by atoms with Gasteiger partial charge >= 0.3 is 0 Å². The summed E-state index contributed by atoms with van der Waals surface area (Å²) in [4.78, 5) is 1.90. The van der Waals surface area contributed by atoms with Crippen LogP contribution in [0.25, 0.3) is 0 Å². The minimum absolute atomic E-state index is 0.0886. The largest absolute Gasteiger partial charge is 0.314 e.